The first-order chi connectivity index (χ1) is 13.3. The Morgan fingerprint density at radius 2 is 1.70 bits per heavy atom. The van der Waals surface area contributed by atoms with Gasteiger partial charge in [0.15, 0.2) is 5.82 Å². The lowest BCUT2D eigenvalue weighted by molar-refractivity contribution is -0.908. The first kappa shape index (κ1) is 17.8. The van der Waals surface area contributed by atoms with E-state index in [4.69, 9.17) is 4.74 Å². The number of quaternary nitrogens is 1. The van der Waals surface area contributed by atoms with Crippen molar-refractivity contribution in [2.45, 2.75) is 6.42 Å². The Balaban J connectivity index is 1.49. The van der Waals surface area contributed by atoms with Gasteiger partial charge in [-0.2, -0.15) is 0 Å². The Morgan fingerprint density at radius 1 is 0.963 bits per heavy atom. The number of hydrogen-bond acceptors (Lipinski definition) is 4. The Morgan fingerprint density at radius 3 is 2.48 bits per heavy atom. The number of nitrogens with zero attached hydrogens (tertiary/aromatic N) is 2. The Kier molecular flexibility index (Phi) is 5.55. The van der Waals surface area contributed by atoms with Crippen molar-refractivity contribution in [2.24, 2.45) is 0 Å². The molecule has 27 heavy (non-hydrogen) atoms. The normalized spacial score (nSPS) is 15.1. The Bertz CT molecular complexity index is 894. The second kappa shape index (κ2) is 8.41. The number of aromatic nitrogens is 2. The summed E-state index contributed by atoms with van der Waals surface area (Å²) in [7, 11) is 0. The summed E-state index contributed by atoms with van der Waals surface area (Å²) in [6.07, 6.45) is 1.07. The van der Waals surface area contributed by atoms with Crippen LogP contribution in [0, 0.1) is 5.82 Å². The van der Waals surface area contributed by atoms with E-state index < -0.39 is 0 Å². The number of hydrogen-bond donors (Lipinski definition) is 2. The summed E-state index contributed by atoms with van der Waals surface area (Å²) in [5.74, 6) is 0.546. The zero-order valence-corrected chi connectivity index (χ0v) is 15.2. The number of halogens is 1. The molecule has 140 valence electrons. The maximum Gasteiger partial charge on any atom is 0.156 e. The number of rotatable bonds is 6. The van der Waals surface area contributed by atoms with Gasteiger partial charge in [-0.3, -0.25) is 0 Å². The van der Waals surface area contributed by atoms with Crippen LogP contribution in [-0.4, -0.2) is 49.6 Å². The molecule has 0 bridgehead atoms. The molecular weight excluding hydrogens is 343 g/mol. The standard InChI is InChI=1S/C21H23FN4O/c22-17-8-6-16(7-9-17)20-18-4-1-2-5-19(18)21(25-24-20)23-10-3-11-26-12-14-27-15-13-26/h1-2,4-9H,3,10-15H2,(H,23,25)/p+1. The fraction of sp³-hybridized carbons (Fsp3) is 0.333. The molecule has 1 fully saturated rings. The van der Waals surface area contributed by atoms with Gasteiger partial charge in [-0.1, -0.05) is 24.3 Å². The summed E-state index contributed by atoms with van der Waals surface area (Å²) >= 11 is 0. The lowest BCUT2D eigenvalue weighted by atomic mass is 10.0. The van der Waals surface area contributed by atoms with Crippen LogP contribution in [0.3, 0.4) is 0 Å². The van der Waals surface area contributed by atoms with E-state index in [1.165, 1.54) is 12.1 Å². The summed E-state index contributed by atoms with van der Waals surface area (Å²) in [4.78, 5) is 1.60. The summed E-state index contributed by atoms with van der Waals surface area (Å²) in [6.45, 7) is 5.91. The molecule has 0 atom stereocenters. The van der Waals surface area contributed by atoms with Crippen LogP contribution in [0.2, 0.25) is 0 Å². The SMILES string of the molecule is Fc1ccc(-c2nnc(NCCC[NH+]3CCOCC3)c3ccccc23)cc1. The van der Waals surface area contributed by atoms with Crippen LogP contribution < -0.4 is 10.2 Å². The molecule has 6 heteroatoms. The fourth-order valence-corrected chi connectivity index (χ4v) is 3.51. The van der Waals surface area contributed by atoms with E-state index in [0.717, 1.165) is 73.7 Å². The van der Waals surface area contributed by atoms with E-state index in [1.807, 2.05) is 24.3 Å². The zero-order chi connectivity index (χ0) is 18.5. The van der Waals surface area contributed by atoms with Crippen molar-refractivity contribution in [3.05, 3.63) is 54.3 Å². The largest absolute Gasteiger partial charge is 0.370 e. The topological polar surface area (TPSA) is 51.5 Å². The highest BCUT2D eigenvalue weighted by molar-refractivity contribution is 5.99. The second-order valence-corrected chi connectivity index (χ2v) is 6.84. The number of morpholine rings is 1. The molecule has 0 aliphatic carbocycles. The average molecular weight is 367 g/mol. The van der Waals surface area contributed by atoms with E-state index in [1.54, 1.807) is 17.0 Å². The molecule has 0 unspecified atom stereocenters. The van der Waals surface area contributed by atoms with E-state index >= 15 is 0 Å². The number of ether oxygens (including phenoxy) is 1. The van der Waals surface area contributed by atoms with Crippen LogP contribution in [0.25, 0.3) is 22.0 Å². The van der Waals surface area contributed by atoms with E-state index in [-0.39, 0.29) is 5.82 Å². The first-order valence-corrected chi connectivity index (χ1v) is 9.48. The molecule has 1 aliphatic heterocycles. The van der Waals surface area contributed by atoms with Crippen molar-refractivity contribution >= 4 is 16.6 Å². The van der Waals surface area contributed by atoms with Crippen LogP contribution in [-0.2, 0) is 4.74 Å². The van der Waals surface area contributed by atoms with Crippen molar-refractivity contribution in [1.29, 1.82) is 0 Å². The predicted molar refractivity (Wildman–Crippen MR) is 104 cm³/mol. The molecule has 2 heterocycles. The van der Waals surface area contributed by atoms with Crippen molar-refractivity contribution in [2.75, 3.05) is 44.7 Å². The molecule has 0 radical (unpaired) electrons. The summed E-state index contributed by atoms with van der Waals surface area (Å²) < 4.78 is 18.6. The molecule has 5 nitrogen and oxygen atoms in total. The van der Waals surface area contributed by atoms with Gasteiger partial charge in [0.05, 0.1) is 19.8 Å². The predicted octanol–water partition coefficient (Wildman–Crippen LogP) is 2.15. The van der Waals surface area contributed by atoms with Gasteiger partial charge in [-0.15, -0.1) is 10.2 Å². The van der Waals surface area contributed by atoms with Gasteiger partial charge < -0.3 is 15.0 Å². The zero-order valence-electron chi connectivity index (χ0n) is 15.2. The van der Waals surface area contributed by atoms with Crippen LogP contribution in [0.5, 0.6) is 0 Å². The van der Waals surface area contributed by atoms with Crippen molar-refractivity contribution < 1.29 is 14.0 Å². The monoisotopic (exact) mass is 367 g/mol. The highest BCUT2D eigenvalue weighted by atomic mass is 19.1. The lowest BCUT2D eigenvalue weighted by Crippen LogP contribution is -3.14. The second-order valence-electron chi connectivity index (χ2n) is 6.84. The minimum absolute atomic E-state index is 0.253. The highest BCUT2D eigenvalue weighted by Crippen LogP contribution is 2.29. The van der Waals surface area contributed by atoms with Gasteiger partial charge in [0.1, 0.15) is 24.6 Å². The fourth-order valence-electron chi connectivity index (χ4n) is 3.51. The quantitative estimate of drug-likeness (QED) is 0.656. The van der Waals surface area contributed by atoms with Crippen molar-refractivity contribution in [1.82, 2.24) is 10.2 Å². The molecular formula is C21H24FN4O+. The molecule has 0 saturated carbocycles. The van der Waals surface area contributed by atoms with E-state index in [2.05, 4.69) is 15.5 Å². The molecule has 1 aliphatic rings. The number of anilines is 1. The van der Waals surface area contributed by atoms with Crippen molar-refractivity contribution in [3.63, 3.8) is 0 Å². The third-order valence-corrected chi connectivity index (χ3v) is 5.00. The summed E-state index contributed by atoms with van der Waals surface area (Å²) in [6, 6.07) is 14.5. The third kappa shape index (κ3) is 4.23. The van der Waals surface area contributed by atoms with Gasteiger partial charge in [-0.25, -0.2) is 4.39 Å². The highest BCUT2D eigenvalue weighted by Gasteiger charge is 2.14. The molecule has 1 aromatic heterocycles. The minimum Gasteiger partial charge on any atom is -0.370 e. The van der Waals surface area contributed by atoms with Crippen LogP contribution in [0.15, 0.2) is 48.5 Å². The number of benzene rings is 2. The third-order valence-electron chi connectivity index (χ3n) is 5.00. The maximum absolute atomic E-state index is 13.2. The van der Waals surface area contributed by atoms with Crippen LogP contribution >= 0.6 is 0 Å². The summed E-state index contributed by atoms with van der Waals surface area (Å²) in [5, 5.41) is 14.3. The van der Waals surface area contributed by atoms with E-state index in [9.17, 15) is 4.39 Å². The molecule has 2 N–H and O–H groups in total. The molecule has 4 rings (SSSR count). The van der Waals surface area contributed by atoms with Gasteiger partial charge in [-0.05, 0) is 24.3 Å². The minimum atomic E-state index is -0.253. The Hall–Kier alpha value is -2.57. The van der Waals surface area contributed by atoms with E-state index in [0.29, 0.717) is 0 Å². The van der Waals surface area contributed by atoms with Gasteiger partial charge in [0.25, 0.3) is 0 Å². The molecule has 0 amide bonds. The molecule has 2 aromatic carbocycles. The first-order valence-electron chi connectivity index (χ1n) is 9.48. The van der Waals surface area contributed by atoms with Crippen molar-refractivity contribution in [3.8, 4) is 11.3 Å². The van der Waals surface area contributed by atoms with Crippen LogP contribution in [0.1, 0.15) is 6.42 Å². The number of fused-ring (bicyclic) bond motifs is 1. The smallest absolute Gasteiger partial charge is 0.156 e. The molecule has 3 aromatic rings. The van der Waals surface area contributed by atoms with Gasteiger partial charge >= 0.3 is 0 Å². The molecule has 1 saturated heterocycles. The molecule has 0 spiro atoms. The number of nitrogens with one attached hydrogen (secondary N) is 2. The van der Waals surface area contributed by atoms with Gasteiger partial charge in [0, 0.05) is 29.3 Å². The summed E-state index contributed by atoms with van der Waals surface area (Å²) in [5.41, 5.74) is 1.64. The lowest BCUT2D eigenvalue weighted by Gasteiger charge is -2.23. The maximum atomic E-state index is 13.2. The average Bonchev–Trinajstić information content (AvgIpc) is 2.73. The van der Waals surface area contributed by atoms with Crippen LogP contribution in [0.4, 0.5) is 10.2 Å². The van der Waals surface area contributed by atoms with Gasteiger partial charge in [0.2, 0.25) is 0 Å². The Labute approximate surface area is 158 Å².